The number of halogens is 1. The second kappa shape index (κ2) is 10.5. The van der Waals surface area contributed by atoms with Crippen LogP contribution in [0.5, 0.6) is 5.75 Å². The third-order valence-corrected chi connectivity index (χ3v) is 5.92. The van der Waals surface area contributed by atoms with E-state index in [1.807, 2.05) is 80.6 Å². The van der Waals surface area contributed by atoms with Crippen LogP contribution in [0.25, 0.3) is 11.0 Å². The summed E-state index contributed by atoms with van der Waals surface area (Å²) in [6.07, 6.45) is 1.83. The summed E-state index contributed by atoms with van der Waals surface area (Å²) in [5.74, 6) is 1.59. The predicted molar refractivity (Wildman–Crippen MR) is 133 cm³/mol. The standard InChI is InChI=1S/C27H28ClN3O2/c1-19-9-3-4-10-23(19)27(32)29-20(2)26-30-24-11-5-6-12-25(24)31(26)17-7-8-18-33-22-15-13-21(28)14-16-22/h3-6,9-16,20H,7-8,17-18H2,1-2H3,(H,29,32). The first-order chi connectivity index (χ1) is 16.0. The van der Waals surface area contributed by atoms with E-state index < -0.39 is 0 Å². The van der Waals surface area contributed by atoms with Crippen LogP contribution in [0.1, 0.15) is 47.6 Å². The van der Waals surface area contributed by atoms with E-state index in [9.17, 15) is 4.79 Å². The zero-order valence-electron chi connectivity index (χ0n) is 18.9. The Morgan fingerprint density at radius 3 is 2.55 bits per heavy atom. The number of unbranched alkanes of at least 4 members (excludes halogenated alkanes) is 1. The number of rotatable bonds is 9. The Balaban J connectivity index is 1.43. The Morgan fingerprint density at radius 2 is 1.76 bits per heavy atom. The van der Waals surface area contributed by atoms with Gasteiger partial charge in [-0.2, -0.15) is 0 Å². The number of nitrogens with one attached hydrogen (secondary N) is 1. The molecular weight excluding hydrogens is 434 g/mol. The van der Waals surface area contributed by atoms with Crippen LogP contribution in [0.3, 0.4) is 0 Å². The van der Waals surface area contributed by atoms with Crippen LogP contribution in [0.15, 0.2) is 72.8 Å². The number of amides is 1. The third kappa shape index (κ3) is 5.55. The van der Waals surface area contributed by atoms with E-state index in [0.717, 1.165) is 47.6 Å². The molecule has 5 nitrogen and oxygen atoms in total. The van der Waals surface area contributed by atoms with Gasteiger partial charge in [-0.1, -0.05) is 41.9 Å². The molecule has 3 aromatic carbocycles. The van der Waals surface area contributed by atoms with E-state index in [4.69, 9.17) is 21.3 Å². The first-order valence-electron chi connectivity index (χ1n) is 11.2. The Labute approximate surface area is 199 Å². The maximum absolute atomic E-state index is 12.9. The topological polar surface area (TPSA) is 56.2 Å². The van der Waals surface area contributed by atoms with Crippen molar-refractivity contribution >= 4 is 28.5 Å². The van der Waals surface area contributed by atoms with Crippen molar-refractivity contribution in [2.75, 3.05) is 6.61 Å². The van der Waals surface area contributed by atoms with Gasteiger partial charge in [0.05, 0.1) is 23.7 Å². The van der Waals surface area contributed by atoms with Crippen LogP contribution in [0.2, 0.25) is 5.02 Å². The molecule has 0 saturated carbocycles. The van der Waals surface area contributed by atoms with Crippen molar-refractivity contribution in [1.82, 2.24) is 14.9 Å². The number of benzene rings is 3. The fraction of sp³-hybridized carbons (Fsp3) is 0.259. The third-order valence-electron chi connectivity index (χ3n) is 5.67. The minimum atomic E-state index is -0.227. The number of carbonyl (C=O) groups excluding carboxylic acids is 1. The van der Waals surface area contributed by atoms with Crippen LogP contribution in [0.4, 0.5) is 0 Å². The first-order valence-corrected chi connectivity index (χ1v) is 11.6. The number of fused-ring (bicyclic) bond motifs is 1. The summed E-state index contributed by atoms with van der Waals surface area (Å²) in [6.45, 7) is 5.35. The van der Waals surface area contributed by atoms with Crippen molar-refractivity contribution in [3.05, 3.63) is 94.8 Å². The van der Waals surface area contributed by atoms with Gasteiger partial charge >= 0.3 is 0 Å². The molecule has 1 atom stereocenters. The molecule has 0 fully saturated rings. The fourth-order valence-corrected chi connectivity index (χ4v) is 4.05. The van der Waals surface area contributed by atoms with Crippen molar-refractivity contribution < 1.29 is 9.53 Å². The van der Waals surface area contributed by atoms with E-state index in [1.54, 1.807) is 0 Å². The maximum atomic E-state index is 12.9. The number of carbonyl (C=O) groups is 1. The van der Waals surface area contributed by atoms with Gasteiger partial charge in [-0.25, -0.2) is 4.98 Å². The normalized spacial score (nSPS) is 12.0. The van der Waals surface area contributed by atoms with Gasteiger partial charge < -0.3 is 14.6 Å². The van der Waals surface area contributed by atoms with Crippen molar-refractivity contribution in [3.8, 4) is 5.75 Å². The summed E-state index contributed by atoms with van der Waals surface area (Å²) in [5.41, 5.74) is 3.65. The molecule has 1 N–H and O–H groups in total. The number of hydrogen-bond acceptors (Lipinski definition) is 3. The van der Waals surface area contributed by atoms with Crippen molar-refractivity contribution in [2.45, 2.75) is 39.3 Å². The first kappa shape index (κ1) is 22.9. The molecule has 1 unspecified atom stereocenters. The number of para-hydroxylation sites is 2. The molecule has 0 radical (unpaired) electrons. The van der Waals surface area contributed by atoms with Crippen LogP contribution in [-0.4, -0.2) is 22.1 Å². The van der Waals surface area contributed by atoms with Gasteiger partial charge in [0, 0.05) is 17.1 Å². The number of aromatic nitrogens is 2. The van der Waals surface area contributed by atoms with Crippen LogP contribution >= 0.6 is 11.6 Å². The summed E-state index contributed by atoms with van der Waals surface area (Å²) in [7, 11) is 0. The molecule has 1 heterocycles. The highest BCUT2D eigenvalue weighted by molar-refractivity contribution is 6.30. The maximum Gasteiger partial charge on any atom is 0.252 e. The highest BCUT2D eigenvalue weighted by Crippen LogP contribution is 2.22. The molecule has 0 bridgehead atoms. The van der Waals surface area contributed by atoms with E-state index in [2.05, 4.69) is 16.0 Å². The lowest BCUT2D eigenvalue weighted by atomic mass is 10.1. The van der Waals surface area contributed by atoms with Gasteiger partial charge in [-0.05, 0) is 74.7 Å². The van der Waals surface area contributed by atoms with E-state index in [0.29, 0.717) is 17.2 Å². The molecular formula is C27H28ClN3O2. The molecule has 33 heavy (non-hydrogen) atoms. The Bertz CT molecular complexity index is 1230. The molecule has 0 saturated heterocycles. The van der Waals surface area contributed by atoms with Gasteiger partial charge in [-0.3, -0.25) is 4.79 Å². The lowest BCUT2D eigenvalue weighted by molar-refractivity contribution is 0.0937. The number of nitrogens with zero attached hydrogens (tertiary/aromatic N) is 2. The molecule has 170 valence electrons. The molecule has 0 aliphatic carbocycles. The highest BCUT2D eigenvalue weighted by Gasteiger charge is 2.19. The van der Waals surface area contributed by atoms with Gasteiger partial charge in [0.15, 0.2) is 0 Å². The minimum Gasteiger partial charge on any atom is -0.494 e. The van der Waals surface area contributed by atoms with Gasteiger partial charge in [0.2, 0.25) is 0 Å². The molecule has 4 rings (SSSR count). The molecule has 1 amide bonds. The van der Waals surface area contributed by atoms with Crippen LogP contribution in [0, 0.1) is 6.92 Å². The van der Waals surface area contributed by atoms with Crippen molar-refractivity contribution in [3.63, 3.8) is 0 Å². The number of hydrogen-bond donors (Lipinski definition) is 1. The lowest BCUT2D eigenvalue weighted by Crippen LogP contribution is -2.29. The largest absolute Gasteiger partial charge is 0.494 e. The molecule has 0 aliphatic rings. The number of aryl methyl sites for hydroxylation is 2. The fourth-order valence-electron chi connectivity index (χ4n) is 3.92. The van der Waals surface area contributed by atoms with Crippen LogP contribution < -0.4 is 10.1 Å². The molecule has 6 heteroatoms. The van der Waals surface area contributed by atoms with E-state index >= 15 is 0 Å². The predicted octanol–water partition coefficient (Wildman–Crippen LogP) is 6.35. The lowest BCUT2D eigenvalue weighted by Gasteiger charge is -2.17. The molecule has 0 aliphatic heterocycles. The highest BCUT2D eigenvalue weighted by atomic mass is 35.5. The molecule has 4 aromatic rings. The molecule has 0 spiro atoms. The van der Waals surface area contributed by atoms with E-state index in [-0.39, 0.29) is 11.9 Å². The second-order valence-corrected chi connectivity index (χ2v) is 8.57. The summed E-state index contributed by atoms with van der Waals surface area (Å²) >= 11 is 5.92. The quantitative estimate of drug-likeness (QED) is 0.295. The Kier molecular flexibility index (Phi) is 7.30. The van der Waals surface area contributed by atoms with Gasteiger partial charge in [-0.15, -0.1) is 0 Å². The average molecular weight is 462 g/mol. The van der Waals surface area contributed by atoms with Crippen molar-refractivity contribution in [2.24, 2.45) is 0 Å². The SMILES string of the molecule is Cc1ccccc1C(=O)NC(C)c1nc2ccccc2n1CCCCOc1ccc(Cl)cc1. The van der Waals surface area contributed by atoms with Crippen molar-refractivity contribution in [1.29, 1.82) is 0 Å². The zero-order valence-corrected chi connectivity index (χ0v) is 19.7. The second-order valence-electron chi connectivity index (χ2n) is 8.13. The zero-order chi connectivity index (χ0) is 23.2. The minimum absolute atomic E-state index is 0.0874. The van der Waals surface area contributed by atoms with E-state index in [1.165, 1.54) is 0 Å². The number of imidazole rings is 1. The average Bonchev–Trinajstić information content (AvgIpc) is 3.19. The Hall–Kier alpha value is -3.31. The smallest absolute Gasteiger partial charge is 0.252 e. The summed E-state index contributed by atoms with van der Waals surface area (Å²) in [5, 5.41) is 3.82. The monoisotopic (exact) mass is 461 g/mol. The van der Waals surface area contributed by atoms with Gasteiger partial charge in [0.1, 0.15) is 11.6 Å². The summed E-state index contributed by atoms with van der Waals surface area (Å²) in [6, 6.07) is 22.9. The summed E-state index contributed by atoms with van der Waals surface area (Å²) < 4.78 is 8.03. The van der Waals surface area contributed by atoms with Gasteiger partial charge in [0.25, 0.3) is 5.91 Å². The Morgan fingerprint density at radius 1 is 1.03 bits per heavy atom. The molecule has 1 aromatic heterocycles. The number of ether oxygens (including phenoxy) is 1. The summed E-state index contributed by atoms with van der Waals surface area (Å²) in [4.78, 5) is 17.7. The van der Waals surface area contributed by atoms with Crippen LogP contribution in [-0.2, 0) is 6.54 Å².